The minimum atomic E-state index is 0.117. The molecule has 5 heteroatoms. The molecule has 0 unspecified atom stereocenters. The summed E-state index contributed by atoms with van der Waals surface area (Å²) in [6, 6.07) is 3.44. The van der Waals surface area contributed by atoms with Crippen molar-refractivity contribution in [2.75, 3.05) is 7.11 Å². The maximum absolute atomic E-state index is 10.4. The first kappa shape index (κ1) is 15.2. The summed E-state index contributed by atoms with van der Waals surface area (Å²) in [6.07, 6.45) is 8.09. The maximum Gasteiger partial charge on any atom is 0.176 e. The highest BCUT2D eigenvalue weighted by molar-refractivity contribution is 5.77. The molecule has 1 heterocycles. The number of phenols is 1. The summed E-state index contributed by atoms with van der Waals surface area (Å²) in [6.45, 7) is 3.81. The van der Waals surface area contributed by atoms with E-state index in [1.807, 2.05) is 26.0 Å². The Morgan fingerprint density at radius 2 is 2.04 bits per heavy atom. The summed E-state index contributed by atoms with van der Waals surface area (Å²) in [5.41, 5.74) is 2.92. The number of aromatic nitrogens is 2. The quantitative estimate of drug-likeness (QED) is 0.894. The number of ether oxygens (including phenoxy) is 2. The number of hydrogen-bond donors (Lipinski definition) is 2. The maximum atomic E-state index is 10.4. The van der Waals surface area contributed by atoms with Gasteiger partial charge >= 0.3 is 0 Å². The fourth-order valence-electron chi connectivity index (χ4n) is 2.66. The van der Waals surface area contributed by atoms with E-state index in [4.69, 9.17) is 9.47 Å². The number of H-pyrrole nitrogens is 1. The smallest absolute Gasteiger partial charge is 0.176 e. The highest BCUT2D eigenvalue weighted by atomic mass is 16.5. The number of aromatic amines is 1. The van der Waals surface area contributed by atoms with Crippen molar-refractivity contribution in [1.82, 2.24) is 10.2 Å². The predicted molar refractivity (Wildman–Crippen MR) is 88.8 cm³/mol. The van der Waals surface area contributed by atoms with E-state index in [0.717, 1.165) is 29.9 Å². The Labute approximate surface area is 135 Å². The van der Waals surface area contributed by atoms with Crippen LogP contribution in [0, 0.1) is 13.8 Å². The first-order chi connectivity index (χ1) is 11.1. The van der Waals surface area contributed by atoms with Gasteiger partial charge in [0, 0.05) is 6.07 Å². The molecule has 2 N–H and O–H groups in total. The van der Waals surface area contributed by atoms with Crippen LogP contribution in [0.1, 0.15) is 24.1 Å². The minimum absolute atomic E-state index is 0.117. The molecule has 3 rings (SSSR count). The molecule has 0 atom stereocenters. The van der Waals surface area contributed by atoms with Crippen LogP contribution in [0.5, 0.6) is 17.2 Å². The van der Waals surface area contributed by atoms with Gasteiger partial charge in [-0.25, -0.2) is 0 Å². The Morgan fingerprint density at radius 1 is 1.22 bits per heavy atom. The lowest BCUT2D eigenvalue weighted by molar-refractivity contribution is 0.407. The van der Waals surface area contributed by atoms with E-state index in [9.17, 15) is 5.11 Å². The lowest BCUT2D eigenvalue weighted by Gasteiger charge is -2.13. The van der Waals surface area contributed by atoms with Gasteiger partial charge in [-0.1, -0.05) is 6.08 Å². The molecule has 1 aliphatic carbocycles. The molecule has 0 saturated carbocycles. The molecule has 0 bridgehead atoms. The predicted octanol–water partition coefficient (Wildman–Crippen LogP) is 4.02. The monoisotopic (exact) mass is 312 g/mol. The molecule has 1 aliphatic rings. The molecule has 0 radical (unpaired) electrons. The SMILES string of the molecule is COc1cc(C)c(-c2n[nH]c(C)c2OC2=CCCC=C2)c(O)c1. The fourth-order valence-corrected chi connectivity index (χ4v) is 2.66. The van der Waals surface area contributed by atoms with Crippen LogP contribution < -0.4 is 9.47 Å². The molecule has 120 valence electrons. The Kier molecular flexibility index (Phi) is 4.10. The summed E-state index contributed by atoms with van der Waals surface area (Å²) < 4.78 is 11.2. The van der Waals surface area contributed by atoms with Gasteiger partial charge in [-0.05, 0) is 50.5 Å². The number of phenolic OH excluding ortho intramolecular Hbond substituents is 1. The van der Waals surface area contributed by atoms with Gasteiger partial charge in [0.2, 0.25) is 0 Å². The van der Waals surface area contributed by atoms with Crippen molar-refractivity contribution in [1.29, 1.82) is 0 Å². The van der Waals surface area contributed by atoms with Gasteiger partial charge in [-0.3, -0.25) is 5.10 Å². The van der Waals surface area contributed by atoms with E-state index in [0.29, 0.717) is 22.8 Å². The number of rotatable bonds is 4. The highest BCUT2D eigenvalue weighted by Crippen LogP contribution is 2.41. The van der Waals surface area contributed by atoms with Crippen molar-refractivity contribution >= 4 is 0 Å². The first-order valence-corrected chi connectivity index (χ1v) is 7.57. The van der Waals surface area contributed by atoms with Gasteiger partial charge in [0.25, 0.3) is 0 Å². The van der Waals surface area contributed by atoms with Crippen LogP contribution in [-0.4, -0.2) is 22.4 Å². The second kappa shape index (κ2) is 6.20. The number of aromatic hydroxyl groups is 1. The van der Waals surface area contributed by atoms with Crippen LogP contribution in [0.2, 0.25) is 0 Å². The highest BCUT2D eigenvalue weighted by Gasteiger charge is 2.21. The molecule has 23 heavy (non-hydrogen) atoms. The topological polar surface area (TPSA) is 67.4 Å². The Morgan fingerprint density at radius 3 is 2.70 bits per heavy atom. The lowest BCUT2D eigenvalue weighted by atomic mass is 10.0. The van der Waals surface area contributed by atoms with Gasteiger partial charge in [0.05, 0.1) is 18.4 Å². The lowest BCUT2D eigenvalue weighted by Crippen LogP contribution is -1.98. The van der Waals surface area contributed by atoms with E-state index in [2.05, 4.69) is 22.3 Å². The number of nitrogens with one attached hydrogen (secondary N) is 1. The van der Waals surface area contributed by atoms with Crippen molar-refractivity contribution in [3.05, 3.63) is 47.4 Å². The number of benzene rings is 1. The van der Waals surface area contributed by atoms with Crippen molar-refractivity contribution in [3.8, 4) is 28.5 Å². The fraction of sp³-hybridized carbons (Fsp3) is 0.278. The van der Waals surface area contributed by atoms with Crippen molar-refractivity contribution in [2.24, 2.45) is 0 Å². The summed E-state index contributed by atoms with van der Waals surface area (Å²) in [5.74, 6) is 2.15. The third-order valence-electron chi connectivity index (χ3n) is 3.83. The molecule has 0 spiro atoms. The van der Waals surface area contributed by atoms with Gasteiger partial charge in [0.15, 0.2) is 5.75 Å². The molecular formula is C18H20N2O3. The minimum Gasteiger partial charge on any atom is -0.507 e. The molecule has 0 aliphatic heterocycles. The Hall–Kier alpha value is -2.69. The average Bonchev–Trinajstić information content (AvgIpc) is 2.89. The summed E-state index contributed by atoms with van der Waals surface area (Å²) >= 11 is 0. The zero-order chi connectivity index (χ0) is 16.4. The molecule has 0 fully saturated rings. The van der Waals surface area contributed by atoms with Gasteiger partial charge in [0.1, 0.15) is 23.0 Å². The summed E-state index contributed by atoms with van der Waals surface area (Å²) in [7, 11) is 1.57. The van der Waals surface area contributed by atoms with E-state index < -0.39 is 0 Å². The second-order valence-electron chi connectivity index (χ2n) is 5.55. The van der Waals surface area contributed by atoms with Crippen LogP contribution in [0.4, 0.5) is 0 Å². The molecule has 1 aromatic heterocycles. The van der Waals surface area contributed by atoms with Crippen LogP contribution in [-0.2, 0) is 0 Å². The van der Waals surface area contributed by atoms with Crippen molar-refractivity contribution in [2.45, 2.75) is 26.7 Å². The molecule has 0 saturated heterocycles. The van der Waals surface area contributed by atoms with Crippen LogP contribution in [0.3, 0.4) is 0 Å². The van der Waals surface area contributed by atoms with Crippen LogP contribution >= 0.6 is 0 Å². The standard InChI is InChI=1S/C18H20N2O3/c1-11-9-14(22-3)10-15(21)16(11)17-18(12(2)19-20-17)23-13-7-5-4-6-8-13/h5,7-10,21H,4,6H2,1-3H3,(H,19,20). The van der Waals surface area contributed by atoms with Gasteiger partial charge in [-0.2, -0.15) is 5.10 Å². The van der Waals surface area contributed by atoms with E-state index in [1.54, 1.807) is 13.2 Å². The Balaban J connectivity index is 2.05. The largest absolute Gasteiger partial charge is 0.507 e. The van der Waals surface area contributed by atoms with Crippen LogP contribution in [0.25, 0.3) is 11.3 Å². The molecule has 5 nitrogen and oxygen atoms in total. The molecule has 1 aromatic carbocycles. The average molecular weight is 312 g/mol. The van der Waals surface area contributed by atoms with Crippen molar-refractivity contribution < 1.29 is 14.6 Å². The number of hydrogen-bond acceptors (Lipinski definition) is 4. The first-order valence-electron chi connectivity index (χ1n) is 7.57. The third-order valence-corrected chi connectivity index (χ3v) is 3.83. The van der Waals surface area contributed by atoms with Gasteiger partial charge < -0.3 is 14.6 Å². The number of nitrogens with zero attached hydrogens (tertiary/aromatic N) is 1. The van der Waals surface area contributed by atoms with E-state index >= 15 is 0 Å². The van der Waals surface area contributed by atoms with Crippen molar-refractivity contribution in [3.63, 3.8) is 0 Å². The van der Waals surface area contributed by atoms with Crippen LogP contribution in [0.15, 0.2) is 36.1 Å². The van der Waals surface area contributed by atoms with Gasteiger partial charge in [-0.15, -0.1) is 0 Å². The number of methoxy groups -OCH3 is 1. The van der Waals surface area contributed by atoms with E-state index in [-0.39, 0.29) is 5.75 Å². The zero-order valence-corrected chi connectivity index (χ0v) is 13.5. The van der Waals surface area contributed by atoms with E-state index in [1.165, 1.54) is 0 Å². The molecular weight excluding hydrogens is 292 g/mol. The Bertz CT molecular complexity index is 765. The second-order valence-corrected chi connectivity index (χ2v) is 5.55. The molecule has 0 amide bonds. The zero-order valence-electron chi connectivity index (χ0n) is 13.5. The third kappa shape index (κ3) is 2.95. The molecule has 2 aromatic rings. The summed E-state index contributed by atoms with van der Waals surface area (Å²) in [5, 5.41) is 17.6. The summed E-state index contributed by atoms with van der Waals surface area (Å²) in [4.78, 5) is 0. The number of aryl methyl sites for hydroxylation is 2. The normalized spacial score (nSPS) is 13.8. The number of allylic oxidation sites excluding steroid dienone is 3.